The fourth-order valence-corrected chi connectivity index (χ4v) is 6.94. The Morgan fingerprint density at radius 1 is 0.826 bits per heavy atom. The first-order chi connectivity index (χ1) is 22.0. The van der Waals surface area contributed by atoms with E-state index in [9.17, 15) is 18.0 Å². The molecule has 0 aromatic heterocycles. The molecule has 46 heavy (non-hydrogen) atoms. The van der Waals surface area contributed by atoms with Crippen LogP contribution in [-0.2, 0) is 32.6 Å². The molecule has 0 fully saturated rings. The third-order valence-electron chi connectivity index (χ3n) is 7.67. The fraction of sp³-hybridized carbons (Fsp3) is 0.278. The minimum absolute atomic E-state index is 0.0322. The number of aryl methyl sites for hydroxylation is 2. The van der Waals surface area contributed by atoms with Crippen molar-refractivity contribution in [1.29, 1.82) is 0 Å². The molecule has 4 aromatic rings. The van der Waals surface area contributed by atoms with E-state index in [0.717, 1.165) is 28.3 Å². The second-order valence-corrected chi connectivity index (χ2v) is 14.0. The Kier molecular flexibility index (Phi) is 12.3. The van der Waals surface area contributed by atoms with Crippen LogP contribution >= 0.6 is 23.2 Å². The molecule has 7 nitrogen and oxygen atoms in total. The molecule has 1 unspecified atom stereocenters. The van der Waals surface area contributed by atoms with Crippen LogP contribution in [-0.4, -0.2) is 44.3 Å². The Bertz CT molecular complexity index is 1750. The van der Waals surface area contributed by atoms with Gasteiger partial charge in [-0.15, -0.1) is 0 Å². The number of nitrogens with one attached hydrogen (secondary N) is 1. The standard InChI is InChI=1S/C36H39Cl2N3O4S/c1-4-5-20-39-36(43)34(22-28-10-7-6-8-11-28)40(24-29-12-9-13-30(37)21-29)35(42)25-41(33-23-31(38)17-16-27(33)3)46(44,45)32-18-14-26(2)15-19-32/h6-19,21,23,34H,4-5,20,22,24-25H2,1-3H3,(H,39,43). The summed E-state index contributed by atoms with van der Waals surface area (Å²) in [6.07, 6.45) is 1.90. The third-order valence-corrected chi connectivity index (χ3v) is 9.91. The highest BCUT2D eigenvalue weighted by atomic mass is 35.5. The minimum Gasteiger partial charge on any atom is -0.354 e. The number of carbonyl (C=O) groups excluding carboxylic acids is 2. The Balaban J connectivity index is 1.82. The minimum atomic E-state index is -4.24. The summed E-state index contributed by atoms with van der Waals surface area (Å²) in [5, 5.41) is 3.80. The van der Waals surface area contributed by atoms with Crippen LogP contribution in [0, 0.1) is 13.8 Å². The highest BCUT2D eigenvalue weighted by molar-refractivity contribution is 7.92. The summed E-state index contributed by atoms with van der Waals surface area (Å²) < 4.78 is 29.6. The summed E-state index contributed by atoms with van der Waals surface area (Å²) in [4.78, 5) is 29.9. The van der Waals surface area contributed by atoms with E-state index in [-0.39, 0.29) is 29.5 Å². The molecular formula is C36H39Cl2N3O4S. The molecule has 0 aliphatic rings. The van der Waals surface area contributed by atoms with Gasteiger partial charge in [0.2, 0.25) is 11.8 Å². The van der Waals surface area contributed by atoms with Crippen molar-refractivity contribution in [3.63, 3.8) is 0 Å². The lowest BCUT2D eigenvalue weighted by atomic mass is 10.0. The van der Waals surface area contributed by atoms with Crippen molar-refractivity contribution in [2.75, 3.05) is 17.4 Å². The topological polar surface area (TPSA) is 86.8 Å². The molecule has 242 valence electrons. The molecule has 10 heteroatoms. The Morgan fingerprint density at radius 3 is 2.17 bits per heavy atom. The van der Waals surface area contributed by atoms with Crippen LogP contribution in [0.1, 0.15) is 42.0 Å². The number of sulfonamides is 1. The molecule has 2 amide bonds. The zero-order valence-electron chi connectivity index (χ0n) is 26.2. The molecule has 4 aromatic carbocycles. The molecule has 1 N–H and O–H groups in total. The number of hydrogen-bond acceptors (Lipinski definition) is 4. The summed E-state index contributed by atoms with van der Waals surface area (Å²) in [7, 11) is -4.24. The Morgan fingerprint density at radius 2 is 1.50 bits per heavy atom. The molecule has 0 aliphatic heterocycles. The van der Waals surface area contributed by atoms with Crippen molar-refractivity contribution in [2.24, 2.45) is 0 Å². The van der Waals surface area contributed by atoms with Crippen molar-refractivity contribution < 1.29 is 18.0 Å². The Labute approximate surface area is 282 Å². The van der Waals surface area contributed by atoms with Gasteiger partial charge in [0.25, 0.3) is 10.0 Å². The van der Waals surface area contributed by atoms with Gasteiger partial charge in [-0.2, -0.15) is 0 Å². The second kappa shape index (κ2) is 16.1. The molecule has 0 aliphatic carbocycles. The fourth-order valence-electron chi connectivity index (χ4n) is 5.09. The molecule has 0 saturated heterocycles. The molecule has 4 rings (SSSR count). The smallest absolute Gasteiger partial charge is 0.264 e. The van der Waals surface area contributed by atoms with Crippen LogP contribution < -0.4 is 9.62 Å². The summed E-state index contributed by atoms with van der Waals surface area (Å²) in [5.41, 5.74) is 3.35. The van der Waals surface area contributed by atoms with Crippen LogP contribution in [0.5, 0.6) is 0 Å². The number of anilines is 1. The number of hydrogen-bond donors (Lipinski definition) is 1. The molecule has 0 spiro atoms. The normalized spacial score (nSPS) is 11.9. The third kappa shape index (κ3) is 9.12. The van der Waals surface area contributed by atoms with Gasteiger partial charge in [-0.25, -0.2) is 8.42 Å². The second-order valence-electron chi connectivity index (χ2n) is 11.3. The van der Waals surface area contributed by atoms with Crippen molar-refractivity contribution >= 4 is 50.7 Å². The van der Waals surface area contributed by atoms with Gasteiger partial charge in [-0.05, 0) is 73.4 Å². The lowest BCUT2D eigenvalue weighted by molar-refractivity contribution is -0.140. The highest BCUT2D eigenvalue weighted by Gasteiger charge is 2.35. The van der Waals surface area contributed by atoms with Gasteiger partial charge in [-0.3, -0.25) is 13.9 Å². The maximum Gasteiger partial charge on any atom is 0.264 e. The molecule has 0 saturated carbocycles. The maximum atomic E-state index is 14.6. The van der Waals surface area contributed by atoms with Gasteiger partial charge in [0.05, 0.1) is 10.6 Å². The lowest BCUT2D eigenvalue weighted by Crippen LogP contribution is -2.53. The van der Waals surface area contributed by atoms with E-state index in [0.29, 0.717) is 27.7 Å². The largest absolute Gasteiger partial charge is 0.354 e. The predicted octanol–water partition coefficient (Wildman–Crippen LogP) is 7.36. The van der Waals surface area contributed by atoms with Crippen molar-refractivity contribution in [3.8, 4) is 0 Å². The van der Waals surface area contributed by atoms with Gasteiger partial charge in [-0.1, -0.05) is 103 Å². The van der Waals surface area contributed by atoms with Gasteiger partial charge in [0, 0.05) is 29.6 Å². The summed E-state index contributed by atoms with van der Waals surface area (Å²) in [6.45, 7) is 5.58. The zero-order valence-corrected chi connectivity index (χ0v) is 28.6. The van der Waals surface area contributed by atoms with E-state index in [1.165, 1.54) is 23.1 Å². The van der Waals surface area contributed by atoms with Crippen molar-refractivity contribution in [1.82, 2.24) is 10.2 Å². The average Bonchev–Trinajstić information content (AvgIpc) is 3.03. The lowest BCUT2D eigenvalue weighted by Gasteiger charge is -2.34. The molecule has 0 bridgehead atoms. The van der Waals surface area contributed by atoms with E-state index in [1.807, 2.05) is 50.2 Å². The highest BCUT2D eigenvalue weighted by Crippen LogP contribution is 2.30. The van der Waals surface area contributed by atoms with Crippen molar-refractivity contribution in [2.45, 2.75) is 57.5 Å². The number of carbonyl (C=O) groups is 2. The van der Waals surface area contributed by atoms with Crippen LogP contribution in [0.2, 0.25) is 10.0 Å². The van der Waals surface area contributed by atoms with E-state index in [1.54, 1.807) is 49.4 Å². The molecular weight excluding hydrogens is 641 g/mol. The molecule has 1 atom stereocenters. The summed E-state index contributed by atoms with van der Waals surface area (Å²) >= 11 is 12.7. The monoisotopic (exact) mass is 679 g/mol. The van der Waals surface area contributed by atoms with E-state index in [4.69, 9.17) is 23.2 Å². The average molecular weight is 681 g/mol. The number of unbranched alkanes of at least 4 members (excludes halogenated alkanes) is 1. The number of halogens is 2. The van der Waals surface area contributed by atoms with Gasteiger partial charge in [0.15, 0.2) is 0 Å². The van der Waals surface area contributed by atoms with Crippen LogP contribution in [0.3, 0.4) is 0 Å². The first kappa shape index (κ1) is 35.0. The van der Waals surface area contributed by atoms with Gasteiger partial charge >= 0.3 is 0 Å². The number of rotatable bonds is 14. The quantitative estimate of drug-likeness (QED) is 0.141. The zero-order chi connectivity index (χ0) is 33.3. The molecule has 0 radical (unpaired) electrons. The van der Waals surface area contributed by atoms with Gasteiger partial charge in [0.1, 0.15) is 12.6 Å². The summed E-state index contributed by atoms with van der Waals surface area (Å²) in [5.74, 6) is -0.874. The SMILES string of the molecule is CCCCNC(=O)C(Cc1ccccc1)N(Cc1cccc(Cl)c1)C(=O)CN(c1cc(Cl)ccc1C)S(=O)(=O)c1ccc(C)cc1. The van der Waals surface area contributed by atoms with Crippen molar-refractivity contribution in [3.05, 3.63) is 129 Å². The van der Waals surface area contributed by atoms with Gasteiger partial charge < -0.3 is 10.2 Å². The summed E-state index contributed by atoms with van der Waals surface area (Å²) in [6, 6.07) is 26.9. The molecule has 0 heterocycles. The van der Waals surface area contributed by atoms with E-state index < -0.39 is 28.5 Å². The van der Waals surface area contributed by atoms with Crippen LogP contribution in [0.15, 0.2) is 102 Å². The first-order valence-electron chi connectivity index (χ1n) is 15.2. The van der Waals surface area contributed by atoms with E-state index in [2.05, 4.69) is 5.32 Å². The number of amides is 2. The number of nitrogens with zero attached hydrogens (tertiary/aromatic N) is 2. The number of benzene rings is 4. The first-order valence-corrected chi connectivity index (χ1v) is 17.4. The van der Waals surface area contributed by atoms with Crippen LogP contribution in [0.4, 0.5) is 5.69 Å². The Hall–Kier alpha value is -3.85. The van der Waals surface area contributed by atoms with Crippen LogP contribution in [0.25, 0.3) is 0 Å². The maximum absolute atomic E-state index is 14.6. The van der Waals surface area contributed by atoms with E-state index >= 15 is 0 Å². The predicted molar refractivity (Wildman–Crippen MR) is 186 cm³/mol.